The number of hydrogen-bond donors (Lipinski definition) is 0. The molecule has 0 saturated carbocycles. The fraction of sp³-hybridized carbons (Fsp3) is 0.200. The lowest BCUT2D eigenvalue weighted by atomic mass is 10.1. The maximum atomic E-state index is 5.22. The van der Waals surface area contributed by atoms with Crippen LogP contribution in [0.4, 0.5) is 0 Å². The summed E-state index contributed by atoms with van der Waals surface area (Å²) in [5.41, 5.74) is 3.66. The molecule has 1 heterocycles. The highest BCUT2D eigenvalue weighted by Crippen LogP contribution is 2.30. The lowest BCUT2D eigenvalue weighted by Gasteiger charge is -2.05. The molecule has 0 saturated heterocycles. The molecule has 24 heavy (non-hydrogen) atoms. The number of hydrogen-bond acceptors (Lipinski definition) is 2. The van der Waals surface area contributed by atoms with Gasteiger partial charge in [0.25, 0.3) is 0 Å². The zero-order chi connectivity index (χ0) is 16.9. The normalized spacial score (nSPS) is 10.6. The van der Waals surface area contributed by atoms with Gasteiger partial charge in [-0.15, -0.1) is 0 Å². The van der Waals surface area contributed by atoms with Gasteiger partial charge < -0.3 is 14.0 Å². The molecule has 0 bridgehead atoms. The summed E-state index contributed by atoms with van der Waals surface area (Å²) in [4.78, 5) is 0. The highest BCUT2D eigenvalue weighted by Gasteiger charge is 2.07. The summed E-state index contributed by atoms with van der Waals surface area (Å²) in [6.45, 7) is 0.932. The van der Waals surface area contributed by atoms with Crippen LogP contribution < -0.4 is 9.47 Å². The predicted octanol–water partition coefficient (Wildman–Crippen LogP) is 5.18. The van der Waals surface area contributed by atoms with Gasteiger partial charge >= 0.3 is 0 Å². The van der Waals surface area contributed by atoms with Gasteiger partial charge in [-0.25, -0.2) is 0 Å². The van der Waals surface area contributed by atoms with Gasteiger partial charge in [0.2, 0.25) is 0 Å². The number of aromatic nitrogens is 1. The number of aryl methyl sites for hydroxylation is 2. The van der Waals surface area contributed by atoms with E-state index in [1.165, 1.54) is 16.7 Å². The van der Waals surface area contributed by atoms with Crippen molar-refractivity contribution in [1.29, 1.82) is 0 Å². The molecule has 3 nitrogen and oxygen atoms in total. The molecule has 0 unspecified atom stereocenters. The topological polar surface area (TPSA) is 23.4 Å². The number of nitrogens with zero attached hydrogens (tertiary/aromatic N) is 1. The van der Waals surface area contributed by atoms with Crippen molar-refractivity contribution in [2.24, 2.45) is 0 Å². The highest BCUT2D eigenvalue weighted by molar-refractivity contribution is 9.10. The van der Waals surface area contributed by atoms with Gasteiger partial charge in [0.1, 0.15) is 11.5 Å². The first-order chi connectivity index (χ1) is 11.7. The van der Waals surface area contributed by atoms with Crippen LogP contribution in [0.5, 0.6) is 11.5 Å². The fourth-order valence-corrected chi connectivity index (χ4v) is 3.24. The Morgan fingerprint density at radius 1 is 0.833 bits per heavy atom. The van der Waals surface area contributed by atoms with E-state index in [1.54, 1.807) is 14.2 Å². The van der Waals surface area contributed by atoms with Crippen LogP contribution in [0.2, 0.25) is 0 Å². The molecule has 3 rings (SSSR count). The van der Waals surface area contributed by atoms with Crippen molar-refractivity contribution < 1.29 is 9.47 Å². The molecule has 4 heteroatoms. The molecule has 0 atom stereocenters. The fourth-order valence-electron chi connectivity index (χ4n) is 2.64. The van der Waals surface area contributed by atoms with Crippen LogP contribution in [0, 0.1) is 0 Å². The molecule has 0 aliphatic rings. The average molecular weight is 386 g/mol. The third kappa shape index (κ3) is 3.82. The third-order valence-corrected chi connectivity index (χ3v) is 4.68. The van der Waals surface area contributed by atoms with Crippen molar-refractivity contribution in [2.45, 2.75) is 13.0 Å². The number of rotatable bonds is 6. The van der Waals surface area contributed by atoms with Crippen LogP contribution >= 0.6 is 15.9 Å². The van der Waals surface area contributed by atoms with Crippen molar-refractivity contribution in [3.63, 3.8) is 0 Å². The van der Waals surface area contributed by atoms with Crippen LogP contribution in [-0.4, -0.2) is 18.8 Å². The zero-order valence-corrected chi connectivity index (χ0v) is 15.4. The second-order valence-electron chi connectivity index (χ2n) is 5.58. The quantitative estimate of drug-likeness (QED) is 0.583. The maximum absolute atomic E-state index is 5.22. The number of ether oxygens (including phenoxy) is 2. The van der Waals surface area contributed by atoms with E-state index in [0.717, 1.165) is 28.9 Å². The zero-order valence-electron chi connectivity index (χ0n) is 13.8. The Bertz CT molecular complexity index is 792. The molecule has 0 aliphatic carbocycles. The van der Waals surface area contributed by atoms with Crippen molar-refractivity contribution >= 4 is 15.9 Å². The van der Waals surface area contributed by atoms with Crippen LogP contribution in [-0.2, 0) is 13.0 Å². The minimum Gasteiger partial charge on any atom is -0.497 e. The molecule has 0 fully saturated rings. The molecule has 2 aromatic carbocycles. The first-order valence-corrected chi connectivity index (χ1v) is 8.61. The standard InChI is InChI=1S/C20H20BrNO2/c1-23-17-7-3-15(4-8-17)11-12-22-13-19(20(21)14-22)16-5-9-18(24-2)10-6-16/h3-10,13-14H,11-12H2,1-2H3. The van der Waals surface area contributed by atoms with Gasteiger partial charge in [0.05, 0.1) is 14.2 Å². The summed E-state index contributed by atoms with van der Waals surface area (Å²) < 4.78 is 13.7. The van der Waals surface area contributed by atoms with Crippen molar-refractivity contribution in [1.82, 2.24) is 4.57 Å². The number of halogens is 1. The van der Waals surface area contributed by atoms with Crippen LogP contribution in [0.3, 0.4) is 0 Å². The van der Waals surface area contributed by atoms with E-state index in [9.17, 15) is 0 Å². The monoisotopic (exact) mass is 385 g/mol. The van der Waals surface area contributed by atoms with E-state index < -0.39 is 0 Å². The first-order valence-electron chi connectivity index (χ1n) is 7.82. The van der Waals surface area contributed by atoms with Crippen molar-refractivity contribution in [3.8, 4) is 22.6 Å². The van der Waals surface area contributed by atoms with E-state index in [-0.39, 0.29) is 0 Å². The molecule has 0 spiro atoms. The van der Waals surface area contributed by atoms with Crippen molar-refractivity contribution in [3.05, 3.63) is 71.0 Å². The molecule has 0 radical (unpaired) electrons. The van der Waals surface area contributed by atoms with Gasteiger partial charge in [-0.1, -0.05) is 24.3 Å². The average Bonchev–Trinajstić information content (AvgIpc) is 3.01. The Morgan fingerprint density at radius 3 is 2.00 bits per heavy atom. The summed E-state index contributed by atoms with van der Waals surface area (Å²) in [6, 6.07) is 16.4. The summed E-state index contributed by atoms with van der Waals surface area (Å²) >= 11 is 3.67. The third-order valence-electron chi connectivity index (χ3n) is 4.05. The van der Waals surface area contributed by atoms with Crippen LogP contribution in [0.15, 0.2) is 65.4 Å². The largest absolute Gasteiger partial charge is 0.497 e. The summed E-state index contributed by atoms with van der Waals surface area (Å²) in [5, 5.41) is 0. The second kappa shape index (κ2) is 7.58. The van der Waals surface area contributed by atoms with Gasteiger partial charge in [-0.2, -0.15) is 0 Å². The molecule has 0 N–H and O–H groups in total. The smallest absolute Gasteiger partial charge is 0.118 e. The Balaban J connectivity index is 1.70. The summed E-state index contributed by atoms with van der Waals surface area (Å²) in [5.74, 6) is 1.76. The minimum absolute atomic E-state index is 0.869. The predicted molar refractivity (Wildman–Crippen MR) is 101 cm³/mol. The molecule has 0 amide bonds. The van der Waals surface area contributed by atoms with Crippen molar-refractivity contribution in [2.75, 3.05) is 14.2 Å². The maximum Gasteiger partial charge on any atom is 0.118 e. The Hall–Kier alpha value is -2.20. The summed E-state index contributed by atoms with van der Waals surface area (Å²) in [7, 11) is 3.37. The second-order valence-corrected chi connectivity index (χ2v) is 6.44. The summed E-state index contributed by atoms with van der Waals surface area (Å²) in [6.07, 6.45) is 5.28. The molecule has 3 aromatic rings. The SMILES string of the molecule is COc1ccc(CCn2cc(Br)c(-c3ccc(OC)cc3)c2)cc1. The van der Waals surface area contributed by atoms with E-state index >= 15 is 0 Å². The molecule has 124 valence electrons. The lowest BCUT2D eigenvalue weighted by Crippen LogP contribution is -1.98. The minimum atomic E-state index is 0.869. The van der Waals surface area contributed by atoms with E-state index in [0.29, 0.717) is 0 Å². The van der Waals surface area contributed by atoms with E-state index in [1.807, 2.05) is 24.3 Å². The highest BCUT2D eigenvalue weighted by atomic mass is 79.9. The molecular weight excluding hydrogens is 366 g/mol. The van der Waals surface area contributed by atoms with Gasteiger partial charge in [-0.05, 0) is 57.7 Å². The molecule has 1 aromatic heterocycles. The van der Waals surface area contributed by atoms with E-state index in [2.05, 4.69) is 57.2 Å². The molecule has 0 aliphatic heterocycles. The number of methoxy groups -OCH3 is 2. The Morgan fingerprint density at radius 2 is 1.42 bits per heavy atom. The van der Waals surface area contributed by atoms with Crippen LogP contribution in [0.25, 0.3) is 11.1 Å². The lowest BCUT2D eigenvalue weighted by molar-refractivity contribution is 0.414. The Kier molecular flexibility index (Phi) is 5.26. The molecular formula is C20H20BrNO2. The first kappa shape index (κ1) is 16.7. The van der Waals surface area contributed by atoms with E-state index in [4.69, 9.17) is 9.47 Å². The van der Waals surface area contributed by atoms with Gasteiger partial charge in [0.15, 0.2) is 0 Å². The van der Waals surface area contributed by atoms with Gasteiger partial charge in [0, 0.05) is 29.0 Å². The van der Waals surface area contributed by atoms with Crippen LogP contribution in [0.1, 0.15) is 5.56 Å². The number of benzene rings is 2. The Labute approximate surface area is 151 Å². The van der Waals surface area contributed by atoms with Gasteiger partial charge in [-0.3, -0.25) is 0 Å².